The number of amides is 1. The molecule has 1 fully saturated rings. The molecule has 47 heavy (non-hydrogen) atoms. The van der Waals surface area contributed by atoms with E-state index in [9.17, 15) is 9.59 Å². The summed E-state index contributed by atoms with van der Waals surface area (Å²) in [4.78, 5) is 30.6. The zero-order valence-corrected chi connectivity index (χ0v) is 27.7. The van der Waals surface area contributed by atoms with Crippen molar-refractivity contribution in [1.29, 1.82) is 0 Å². The largest absolute Gasteiger partial charge is 0.497 e. The van der Waals surface area contributed by atoms with E-state index >= 15 is 0 Å². The molecule has 1 saturated heterocycles. The van der Waals surface area contributed by atoms with Gasteiger partial charge in [-0.15, -0.1) is 11.3 Å². The number of benzene rings is 3. The number of nitrogens with zero attached hydrogens (tertiary/aromatic N) is 3. The van der Waals surface area contributed by atoms with Gasteiger partial charge in [0.2, 0.25) is 0 Å². The number of carbonyl (C=O) groups is 2. The summed E-state index contributed by atoms with van der Waals surface area (Å²) in [5, 5.41) is 4.84. The highest BCUT2D eigenvalue weighted by atomic mass is 35.5. The van der Waals surface area contributed by atoms with Gasteiger partial charge >= 0.3 is 6.09 Å². The van der Waals surface area contributed by atoms with Gasteiger partial charge in [0.25, 0.3) is 5.91 Å². The van der Waals surface area contributed by atoms with Crippen molar-refractivity contribution in [3.8, 4) is 22.6 Å². The fourth-order valence-electron chi connectivity index (χ4n) is 6.75. The third-order valence-electron chi connectivity index (χ3n) is 9.05. The van der Waals surface area contributed by atoms with Gasteiger partial charge in [-0.25, -0.2) is 9.48 Å². The van der Waals surface area contributed by atoms with Crippen molar-refractivity contribution in [2.75, 3.05) is 27.4 Å². The van der Waals surface area contributed by atoms with Crippen molar-refractivity contribution in [2.45, 2.75) is 37.6 Å². The minimum atomic E-state index is -0.373. The summed E-state index contributed by atoms with van der Waals surface area (Å²) in [6.45, 7) is 0.798. The molecular weight excluding hydrogens is 634 g/mol. The van der Waals surface area contributed by atoms with Gasteiger partial charge in [0.05, 0.1) is 35.9 Å². The Morgan fingerprint density at radius 3 is 2.34 bits per heavy atom. The first-order valence-electron chi connectivity index (χ1n) is 15.7. The van der Waals surface area contributed by atoms with Crippen LogP contribution in [0, 0.1) is 0 Å². The summed E-state index contributed by atoms with van der Waals surface area (Å²) in [5.41, 5.74) is 6.48. The molecule has 7 rings (SSSR count). The maximum Gasteiger partial charge on any atom is 0.410 e. The van der Waals surface area contributed by atoms with Crippen molar-refractivity contribution in [2.24, 2.45) is 0 Å². The fourth-order valence-corrected chi connectivity index (χ4v) is 7.84. The molecule has 0 spiro atoms. The molecule has 0 bridgehead atoms. The minimum Gasteiger partial charge on any atom is -0.497 e. The average molecular weight is 668 g/mol. The number of methoxy groups -OCH3 is 2. The monoisotopic (exact) mass is 667 g/mol. The molecule has 8 nitrogen and oxygen atoms in total. The SMILES string of the molecule is COc1ccc(C(=O)n2nc(C3CCCN3C(=O)OCC3c4ccccc4-c4ccccc43)cc2CCc2ccc(Cl)s2)c(OC)c1. The zero-order valence-electron chi connectivity index (χ0n) is 26.1. The number of aryl methyl sites for hydroxylation is 2. The summed E-state index contributed by atoms with van der Waals surface area (Å²) in [6, 6.07) is 27.2. The highest BCUT2D eigenvalue weighted by Crippen LogP contribution is 2.45. The van der Waals surface area contributed by atoms with Gasteiger partial charge < -0.3 is 14.2 Å². The number of thiophene rings is 1. The lowest BCUT2D eigenvalue weighted by atomic mass is 9.98. The first-order chi connectivity index (χ1) is 22.9. The number of ether oxygens (including phenoxy) is 3. The maximum atomic E-state index is 14.0. The number of carbonyl (C=O) groups excluding carboxylic acids is 2. The molecule has 3 aromatic carbocycles. The van der Waals surface area contributed by atoms with Crippen LogP contribution in [0.1, 0.15) is 62.6 Å². The Morgan fingerprint density at radius 2 is 1.66 bits per heavy atom. The Hall–Kier alpha value is -4.60. The van der Waals surface area contributed by atoms with Crippen molar-refractivity contribution in [1.82, 2.24) is 14.7 Å². The lowest BCUT2D eigenvalue weighted by Crippen LogP contribution is -2.32. The molecule has 1 aliphatic carbocycles. The number of likely N-dealkylation sites (tertiary alicyclic amines) is 1. The van der Waals surface area contributed by atoms with Crippen LogP contribution in [-0.4, -0.2) is 54.1 Å². The lowest BCUT2D eigenvalue weighted by molar-refractivity contribution is 0.0930. The molecule has 3 heterocycles. The first-order valence-corrected chi connectivity index (χ1v) is 16.9. The highest BCUT2D eigenvalue weighted by Gasteiger charge is 2.36. The van der Waals surface area contributed by atoms with E-state index in [2.05, 4.69) is 24.3 Å². The third-order valence-corrected chi connectivity index (χ3v) is 10.3. The molecular formula is C37H34ClN3O5S. The maximum absolute atomic E-state index is 14.0. The number of rotatable bonds is 9. The summed E-state index contributed by atoms with van der Waals surface area (Å²) in [6.07, 6.45) is 2.41. The second-order valence-corrected chi connectivity index (χ2v) is 13.5. The van der Waals surface area contributed by atoms with Gasteiger partial charge in [0.1, 0.15) is 18.1 Å². The zero-order chi connectivity index (χ0) is 32.5. The fraction of sp³-hybridized carbons (Fsp3) is 0.270. The van der Waals surface area contributed by atoms with E-state index in [1.54, 1.807) is 30.2 Å². The van der Waals surface area contributed by atoms with Crippen LogP contribution in [0.2, 0.25) is 4.34 Å². The van der Waals surface area contributed by atoms with Crippen LogP contribution in [0.5, 0.6) is 11.5 Å². The number of hydrogen-bond donors (Lipinski definition) is 0. The van der Waals surface area contributed by atoms with Crippen LogP contribution in [0.25, 0.3) is 11.1 Å². The van der Waals surface area contributed by atoms with Crippen molar-refractivity contribution in [3.05, 3.63) is 122 Å². The molecule has 0 N–H and O–H groups in total. The Kier molecular flexibility index (Phi) is 8.75. The van der Waals surface area contributed by atoms with Crippen molar-refractivity contribution < 1.29 is 23.8 Å². The Bertz CT molecular complexity index is 1910. The van der Waals surface area contributed by atoms with Crippen LogP contribution in [0.15, 0.2) is 84.9 Å². The van der Waals surface area contributed by atoms with Gasteiger partial charge in [-0.3, -0.25) is 9.69 Å². The molecule has 1 amide bonds. The van der Waals surface area contributed by atoms with E-state index < -0.39 is 0 Å². The van der Waals surface area contributed by atoms with Crippen LogP contribution in [0.3, 0.4) is 0 Å². The van der Waals surface area contributed by atoms with Crippen molar-refractivity contribution in [3.63, 3.8) is 0 Å². The molecule has 5 aromatic rings. The van der Waals surface area contributed by atoms with Crippen LogP contribution in [0.4, 0.5) is 4.79 Å². The Balaban J connectivity index is 1.14. The molecule has 2 aromatic heterocycles. The third kappa shape index (κ3) is 6.01. The van der Waals surface area contributed by atoms with Crippen LogP contribution >= 0.6 is 22.9 Å². The molecule has 0 saturated carbocycles. The van der Waals surface area contributed by atoms with E-state index in [-0.39, 0.29) is 30.6 Å². The van der Waals surface area contributed by atoms with E-state index in [0.29, 0.717) is 42.1 Å². The van der Waals surface area contributed by atoms with Gasteiger partial charge in [0, 0.05) is 29.1 Å². The predicted octanol–water partition coefficient (Wildman–Crippen LogP) is 8.17. The molecule has 1 atom stereocenters. The number of fused-ring (bicyclic) bond motifs is 3. The molecule has 2 aliphatic rings. The number of halogens is 1. The van der Waals surface area contributed by atoms with Crippen LogP contribution in [-0.2, 0) is 17.6 Å². The standard InChI is InChI=1S/C37H34ClN3O5S/c1-44-24-14-17-30(34(21-24)45-2)36(42)41-23(13-15-25-16-18-35(38)47-25)20-32(39-41)33-12-7-19-40(33)37(43)46-22-31-28-10-5-3-8-26(28)27-9-4-6-11-29(27)31/h3-6,8-11,14,16-18,20-21,31,33H,7,12-13,15,19,22H2,1-2H3. The average Bonchev–Trinajstić information content (AvgIpc) is 3.91. The second kappa shape index (κ2) is 13.3. The van der Waals surface area contributed by atoms with Crippen LogP contribution < -0.4 is 9.47 Å². The molecule has 1 unspecified atom stereocenters. The van der Waals surface area contributed by atoms with Gasteiger partial charge in [-0.05, 0) is 78.3 Å². The number of hydrogen-bond acceptors (Lipinski definition) is 7. The number of aromatic nitrogens is 2. The van der Waals surface area contributed by atoms with Gasteiger partial charge in [-0.1, -0.05) is 60.1 Å². The van der Waals surface area contributed by atoms with E-state index in [0.717, 1.165) is 27.7 Å². The molecule has 10 heteroatoms. The smallest absolute Gasteiger partial charge is 0.410 e. The van der Waals surface area contributed by atoms with E-state index in [1.807, 2.05) is 42.5 Å². The normalized spacial score (nSPS) is 15.4. The lowest BCUT2D eigenvalue weighted by Gasteiger charge is -2.24. The van der Waals surface area contributed by atoms with Gasteiger partial charge in [0.15, 0.2) is 0 Å². The Labute approximate surface area is 282 Å². The minimum absolute atomic E-state index is 0.0268. The molecule has 240 valence electrons. The predicted molar refractivity (Wildman–Crippen MR) is 182 cm³/mol. The second-order valence-electron chi connectivity index (χ2n) is 11.7. The quantitative estimate of drug-likeness (QED) is 0.158. The van der Waals surface area contributed by atoms with E-state index in [4.69, 9.17) is 30.9 Å². The molecule has 1 aliphatic heterocycles. The summed E-state index contributed by atoms with van der Waals surface area (Å²) >= 11 is 7.71. The summed E-state index contributed by atoms with van der Waals surface area (Å²) in [5.74, 6) is 0.629. The first kappa shape index (κ1) is 31.0. The summed E-state index contributed by atoms with van der Waals surface area (Å²) < 4.78 is 19.1. The summed E-state index contributed by atoms with van der Waals surface area (Å²) in [7, 11) is 3.08. The van der Waals surface area contributed by atoms with Gasteiger partial charge in [-0.2, -0.15) is 5.10 Å². The Morgan fingerprint density at radius 1 is 0.915 bits per heavy atom. The molecule has 0 radical (unpaired) electrons. The highest BCUT2D eigenvalue weighted by molar-refractivity contribution is 7.16. The van der Waals surface area contributed by atoms with E-state index in [1.165, 1.54) is 45.4 Å². The topological polar surface area (TPSA) is 82.9 Å². The van der Waals surface area contributed by atoms with Crippen molar-refractivity contribution >= 4 is 34.9 Å².